The van der Waals surface area contributed by atoms with Gasteiger partial charge in [0.15, 0.2) is 0 Å². The topological polar surface area (TPSA) is 106 Å². The summed E-state index contributed by atoms with van der Waals surface area (Å²) in [7, 11) is 1.33. The zero-order valence-corrected chi connectivity index (χ0v) is 14.6. The van der Waals surface area contributed by atoms with Gasteiger partial charge in [-0.05, 0) is 36.4 Å². The van der Waals surface area contributed by atoms with Crippen molar-refractivity contribution >= 4 is 23.4 Å². The lowest BCUT2D eigenvalue weighted by Gasteiger charge is -2.07. The summed E-state index contributed by atoms with van der Waals surface area (Å²) in [5.74, 6) is 0.369. The van der Waals surface area contributed by atoms with Gasteiger partial charge in [-0.25, -0.2) is 4.79 Å². The number of para-hydroxylation sites is 1. The van der Waals surface area contributed by atoms with E-state index in [0.717, 1.165) is 0 Å². The average molecular weight is 366 g/mol. The van der Waals surface area contributed by atoms with Crippen molar-refractivity contribution in [2.45, 2.75) is 12.8 Å². The van der Waals surface area contributed by atoms with Crippen LogP contribution in [0.2, 0.25) is 0 Å². The fraction of sp³-hybridized carbons (Fsp3) is 0.158. The number of esters is 1. The molecule has 1 aromatic heterocycles. The molecule has 1 heterocycles. The highest BCUT2D eigenvalue weighted by Gasteiger charge is 2.11. The van der Waals surface area contributed by atoms with E-state index >= 15 is 0 Å². The van der Waals surface area contributed by atoms with Crippen LogP contribution < -0.4 is 10.6 Å². The van der Waals surface area contributed by atoms with Crippen molar-refractivity contribution in [1.82, 2.24) is 10.2 Å². The van der Waals surface area contributed by atoms with Crippen molar-refractivity contribution in [1.29, 1.82) is 0 Å². The van der Waals surface area contributed by atoms with Crippen LogP contribution in [0.4, 0.5) is 16.2 Å². The molecule has 0 spiro atoms. The minimum Gasteiger partial charge on any atom is -0.469 e. The van der Waals surface area contributed by atoms with Crippen molar-refractivity contribution in [3.05, 3.63) is 60.5 Å². The molecule has 2 aromatic carbocycles. The minimum absolute atomic E-state index is 0.178. The second kappa shape index (κ2) is 8.61. The van der Waals surface area contributed by atoms with E-state index in [9.17, 15) is 9.59 Å². The molecule has 0 unspecified atom stereocenters. The Bertz CT molecular complexity index is 907. The number of nitrogens with one attached hydrogen (secondary N) is 2. The van der Waals surface area contributed by atoms with E-state index in [1.54, 1.807) is 36.4 Å². The highest BCUT2D eigenvalue weighted by Crippen LogP contribution is 2.21. The highest BCUT2D eigenvalue weighted by molar-refractivity contribution is 5.99. The zero-order valence-electron chi connectivity index (χ0n) is 14.6. The van der Waals surface area contributed by atoms with Gasteiger partial charge in [0.2, 0.25) is 11.8 Å². The van der Waals surface area contributed by atoms with Crippen molar-refractivity contribution in [3.8, 4) is 11.5 Å². The third-order valence-electron chi connectivity index (χ3n) is 3.66. The number of carbonyl (C=O) groups excluding carboxylic acids is 2. The van der Waals surface area contributed by atoms with E-state index in [1.807, 2.05) is 18.2 Å². The Balaban J connectivity index is 1.58. The third-order valence-corrected chi connectivity index (χ3v) is 3.66. The lowest BCUT2D eigenvalue weighted by atomic mass is 10.2. The van der Waals surface area contributed by atoms with Crippen LogP contribution in [-0.4, -0.2) is 29.3 Å². The van der Waals surface area contributed by atoms with Crippen molar-refractivity contribution < 1.29 is 18.7 Å². The molecule has 0 radical (unpaired) electrons. The smallest absolute Gasteiger partial charge is 0.323 e. The number of hydrogen-bond donors (Lipinski definition) is 2. The zero-order chi connectivity index (χ0) is 19.1. The largest absolute Gasteiger partial charge is 0.469 e. The number of benzene rings is 2. The first-order valence-corrected chi connectivity index (χ1v) is 8.27. The molecule has 0 aliphatic carbocycles. The number of nitrogens with zero attached hydrogens (tertiary/aromatic N) is 2. The van der Waals surface area contributed by atoms with Gasteiger partial charge in [-0.15, -0.1) is 10.2 Å². The molecule has 3 aromatic rings. The number of rotatable bonds is 6. The van der Waals surface area contributed by atoms with Gasteiger partial charge in [0.1, 0.15) is 0 Å². The van der Waals surface area contributed by atoms with Crippen LogP contribution in [0.15, 0.2) is 59.0 Å². The van der Waals surface area contributed by atoms with Crippen LogP contribution in [0.5, 0.6) is 0 Å². The molecule has 3 rings (SSSR count). The van der Waals surface area contributed by atoms with E-state index in [2.05, 4.69) is 25.6 Å². The lowest BCUT2D eigenvalue weighted by molar-refractivity contribution is -0.140. The Labute approximate surface area is 155 Å². The fourth-order valence-electron chi connectivity index (χ4n) is 2.29. The van der Waals surface area contributed by atoms with Crippen LogP contribution in [-0.2, 0) is 16.0 Å². The van der Waals surface area contributed by atoms with Crippen molar-refractivity contribution in [3.63, 3.8) is 0 Å². The van der Waals surface area contributed by atoms with Crippen LogP contribution in [0.1, 0.15) is 12.3 Å². The van der Waals surface area contributed by atoms with Crippen LogP contribution in [0.3, 0.4) is 0 Å². The second-order valence-corrected chi connectivity index (χ2v) is 5.60. The molecule has 138 valence electrons. The van der Waals surface area contributed by atoms with E-state index < -0.39 is 0 Å². The summed E-state index contributed by atoms with van der Waals surface area (Å²) < 4.78 is 10.1. The number of anilines is 2. The molecule has 0 aliphatic rings. The molecule has 2 N–H and O–H groups in total. The first-order chi connectivity index (χ1) is 13.1. The van der Waals surface area contributed by atoms with Gasteiger partial charge in [-0.3, -0.25) is 4.79 Å². The summed E-state index contributed by atoms with van der Waals surface area (Å²) in [5, 5.41) is 13.4. The Morgan fingerprint density at radius 2 is 1.63 bits per heavy atom. The number of carbonyl (C=O) groups is 2. The number of ether oxygens (including phenoxy) is 1. The summed E-state index contributed by atoms with van der Waals surface area (Å²) in [6, 6.07) is 15.8. The molecular weight excluding hydrogens is 348 g/mol. The molecule has 0 fully saturated rings. The quantitative estimate of drug-likeness (QED) is 0.647. The van der Waals surface area contributed by atoms with E-state index in [4.69, 9.17) is 4.42 Å². The maximum absolute atomic E-state index is 12.0. The molecule has 0 atom stereocenters. The third kappa shape index (κ3) is 5.15. The van der Waals surface area contributed by atoms with Gasteiger partial charge >= 0.3 is 12.0 Å². The number of hydrogen-bond acceptors (Lipinski definition) is 6. The van der Waals surface area contributed by atoms with Gasteiger partial charge in [0, 0.05) is 23.4 Å². The predicted octanol–water partition coefficient (Wildman–Crippen LogP) is 3.49. The monoisotopic (exact) mass is 366 g/mol. The van der Waals surface area contributed by atoms with Crippen molar-refractivity contribution in [2.75, 3.05) is 17.7 Å². The summed E-state index contributed by atoms with van der Waals surface area (Å²) in [6.07, 6.45) is 0.497. The second-order valence-electron chi connectivity index (χ2n) is 5.60. The Kier molecular flexibility index (Phi) is 5.78. The van der Waals surface area contributed by atoms with E-state index in [0.29, 0.717) is 35.1 Å². The average Bonchev–Trinajstić information content (AvgIpc) is 3.16. The molecule has 0 saturated carbocycles. The molecule has 2 amide bonds. The molecule has 0 saturated heterocycles. The standard InChI is InChI=1S/C19H18N4O4/c1-26-17(24)12-11-16-22-23-18(27-16)13-7-9-15(10-8-13)21-19(25)20-14-5-3-2-4-6-14/h2-10H,11-12H2,1H3,(H2,20,21,25). The fourth-order valence-corrected chi connectivity index (χ4v) is 2.29. The maximum atomic E-state index is 12.0. The first kappa shape index (κ1) is 18.1. The molecule has 0 bridgehead atoms. The Morgan fingerprint density at radius 1 is 0.963 bits per heavy atom. The van der Waals surface area contributed by atoms with Gasteiger partial charge < -0.3 is 19.8 Å². The van der Waals surface area contributed by atoms with Crippen LogP contribution in [0.25, 0.3) is 11.5 Å². The number of amides is 2. The Hall–Kier alpha value is -3.68. The van der Waals surface area contributed by atoms with E-state index in [1.165, 1.54) is 7.11 Å². The van der Waals surface area contributed by atoms with Crippen LogP contribution in [0, 0.1) is 0 Å². The van der Waals surface area contributed by atoms with Crippen LogP contribution >= 0.6 is 0 Å². The number of methoxy groups -OCH3 is 1. The summed E-state index contributed by atoms with van der Waals surface area (Å²) in [5.41, 5.74) is 2.04. The molecule has 0 aliphatic heterocycles. The van der Waals surface area contributed by atoms with Gasteiger partial charge in [0.25, 0.3) is 0 Å². The summed E-state index contributed by atoms with van der Waals surface area (Å²) >= 11 is 0. The maximum Gasteiger partial charge on any atom is 0.323 e. The highest BCUT2D eigenvalue weighted by atomic mass is 16.5. The van der Waals surface area contributed by atoms with Gasteiger partial charge in [0.05, 0.1) is 13.5 Å². The minimum atomic E-state index is -0.336. The summed E-state index contributed by atoms with van der Waals surface area (Å²) in [6.45, 7) is 0. The number of aryl methyl sites for hydroxylation is 1. The Morgan fingerprint density at radius 3 is 2.30 bits per heavy atom. The SMILES string of the molecule is COC(=O)CCc1nnc(-c2ccc(NC(=O)Nc3ccccc3)cc2)o1. The first-order valence-electron chi connectivity index (χ1n) is 8.27. The molecule has 8 heteroatoms. The predicted molar refractivity (Wildman–Crippen MR) is 99.2 cm³/mol. The number of urea groups is 1. The molecule has 8 nitrogen and oxygen atoms in total. The van der Waals surface area contributed by atoms with Gasteiger partial charge in [-0.2, -0.15) is 0 Å². The van der Waals surface area contributed by atoms with Gasteiger partial charge in [-0.1, -0.05) is 18.2 Å². The summed E-state index contributed by atoms with van der Waals surface area (Å²) in [4.78, 5) is 23.1. The van der Waals surface area contributed by atoms with Crippen molar-refractivity contribution in [2.24, 2.45) is 0 Å². The van der Waals surface area contributed by atoms with E-state index in [-0.39, 0.29) is 18.4 Å². The number of aromatic nitrogens is 2. The normalized spacial score (nSPS) is 10.3. The molecular formula is C19H18N4O4. The molecule has 27 heavy (non-hydrogen) atoms. The lowest BCUT2D eigenvalue weighted by Crippen LogP contribution is -2.19.